The van der Waals surface area contributed by atoms with Crippen molar-refractivity contribution in [1.29, 1.82) is 0 Å². The van der Waals surface area contributed by atoms with Gasteiger partial charge in [0.2, 0.25) is 0 Å². The fourth-order valence-corrected chi connectivity index (χ4v) is 3.39. The highest BCUT2D eigenvalue weighted by molar-refractivity contribution is 6.07. The summed E-state index contributed by atoms with van der Waals surface area (Å²) < 4.78 is 10.9. The Hall–Kier alpha value is -2.67. The van der Waals surface area contributed by atoms with Gasteiger partial charge in [0.25, 0.3) is 11.6 Å². The molecule has 0 spiro atoms. The van der Waals surface area contributed by atoms with E-state index in [2.05, 4.69) is 27.7 Å². The van der Waals surface area contributed by atoms with Crippen LogP contribution >= 0.6 is 0 Å². The first-order valence-corrected chi connectivity index (χ1v) is 9.11. The number of piperidine rings is 1. The lowest BCUT2D eigenvalue weighted by atomic mass is 10.0. The van der Waals surface area contributed by atoms with Crippen LogP contribution in [0.4, 0.5) is 0 Å². The van der Waals surface area contributed by atoms with E-state index in [0.717, 1.165) is 44.5 Å². The number of carbonyl (C=O) groups is 1. The van der Waals surface area contributed by atoms with Gasteiger partial charge in [0, 0.05) is 12.6 Å². The summed E-state index contributed by atoms with van der Waals surface area (Å²) in [6.07, 6.45) is 5.26. The Morgan fingerprint density at radius 2 is 2.38 bits per heavy atom. The molecule has 1 aliphatic heterocycles. The number of pyridine rings is 1. The van der Waals surface area contributed by atoms with Crippen molar-refractivity contribution in [2.75, 3.05) is 13.1 Å². The quantitative estimate of drug-likeness (QED) is 0.732. The van der Waals surface area contributed by atoms with Crippen LogP contribution in [-0.4, -0.2) is 35.2 Å². The van der Waals surface area contributed by atoms with E-state index in [-0.39, 0.29) is 11.9 Å². The van der Waals surface area contributed by atoms with Gasteiger partial charge in [-0.15, -0.1) is 0 Å². The Balaban J connectivity index is 1.76. The summed E-state index contributed by atoms with van der Waals surface area (Å²) in [7, 11) is 0. The van der Waals surface area contributed by atoms with Gasteiger partial charge in [-0.1, -0.05) is 18.5 Å². The maximum atomic E-state index is 13.0. The van der Waals surface area contributed by atoms with Gasteiger partial charge in [0.1, 0.15) is 5.69 Å². The summed E-state index contributed by atoms with van der Waals surface area (Å²) in [6, 6.07) is 5.49. The molecule has 2 N–H and O–H groups in total. The molecule has 4 heterocycles. The Morgan fingerprint density at radius 3 is 3.12 bits per heavy atom. The predicted molar refractivity (Wildman–Crippen MR) is 96.9 cm³/mol. The molecular formula is C19H22N4O3. The number of hydrogen-bond acceptors (Lipinski definition) is 6. The van der Waals surface area contributed by atoms with E-state index < -0.39 is 0 Å². The summed E-state index contributed by atoms with van der Waals surface area (Å²) in [5.74, 6) is 0.466. The smallest absolute Gasteiger partial charge is 0.259 e. The SMILES string of the molecule is CCCc1noc2nc(-c3ccco3)cc(C(=O)N[C@H]3CCCNC3)c12. The van der Waals surface area contributed by atoms with E-state index in [9.17, 15) is 4.79 Å². The van der Waals surface area contributed by atoms with Gasteiger partial charge < -0.3 is 19.6 Å². The third-order valence-electron chi connectivity index (χ3n) is 4.65. The summed E-state index contributed by atoms with van der Waals surface area (Å²) in [6.45, 7) is 3.86. The second kappa shape index (κ2) is 7.29. The molecule has 0 saturated carbocycles. The van der Waals surface area contributed by atoms with E-state index in [1.165, 1.54) is 0 Å². The molecule has 26 heavy (non-hydrogen) atoms. The molecule has 136 valence electrons. The van der Waals surface area contributed by atoms with Gasteiger partial charge in [-0.25, -0.2) is 4.98 Å². The summed E-state index contributed by atoms with van der Waals surface area (Å²) >= 11 is 0. The normalized spacial score (nSPS) is 17.5. The van der Waals surface area contributed by atoms with Crippen molar-refractivity contribution in [3.63, 3.8) is 0 Å². The minimum absolute atomic E-state index is 0.126. The molecule has 3 aromatic heterocycles. The number of furan rings is 1. The Kier molecular flexibility index (Phi) is 4.71. The van der Waals surface area contributed by atoms with Crippen LogP contribution in [-0.2, 0) is 6.42 Å². The van der Waals surface area contributed by atoms with Crippen molar-refractivity contribution in [3.05, 3.63) is 35.7 Å². The van der Waals surface area contributed by atoms with Crippen molar-refractivity contribution < 1.29 is 13.7 Å². The third-order valence-corrected chi connectivity index (χ3v) is 4.65. The average Bonchev–Trinajstić information content (AvgIpc) is 3.32. The van der Waals surface area contributed by atoms with Crippen LogP contribution in [0.2, 0.25) is 0 Å². The lowest BCUT2D eigenvalue weighted by molar-refractivity contribution is 0.0932. The maximum Gasteiger partial charge on any atom is 0.259 e. The monoisotopic (exact) mass is 354 g/mol. The maximum absolute atomic E-state index is 13.0. The topological polar surface area (TPSA) is 93.2 Å². The van der Waals surface area contributed by atoms with Gasteiger partial charge in [0.15, 0.2) is 5.76 Å². The number of amides is 1. The Labute approximate surface area is 151 Å². The van der Waals surface area contributed by atoms with E-state index in [1.54, 1.807) is 18.4 Å². The van der Waals surface area contributed by atoms with Gasteiger partial charge >= 0.3 is 0 Å². The first-order valence-electron chi connectivity index (χ1n) is 9.11. The van der Waals surface area contributed by atoms with Crippen LogP contribution in [0.1, 0.15) is 42.2 Å². The average molecular weight is 354 g/mol. The Bertz CT molecular complexity index is 895. The lowest BCUT2D eigenvalue weighted by Gasteiger charge is -2.24. The van der Waals surface area contributed by atoms with E-state index in [1.807, 2.05) is 6.07 Å². The first-order chi connectivity index (χ1) is 12.8. The molecule has 1 amide bonds. The molecular weight excluding hydrogens is 332 g/mol. The standard InChI is InChI=1S/C19H22N4O3/c1-2-5-14-17-13(18(24)21-12-6-3-8-20-11-12)10-15(16-7-4-9-25-16)22-19(17)26-23-14/h4,7,9-10,12,20H,2-3,5-6,8,11H2,1H3,(H,21,24)/t12-/m0/s1. The second-order valence-electron chi connectivity index (χ2n) is 6.61. The number of nitrogens with one attached hydrogen (secondary N) is 2. The molecule has 1 fully saturated rings. The summed E-state index contributed by atoms with van der Waals surface area (Å²) in [5.41, 5.74) is 2.24. The van der Waals surface area contributed by atoms with Gasteiger partial charge in [-0.2, -0.15) is 0 Å². The van der Waals surface area contributed by atoms with Crippen LogP contribution < -0.4 is 10.6 Å². The molecule has 0 bridgehead atoms. The number of rotatable bonds is 5. The molecule has 0 radical (unpaired) electrons. The lowest BCUT2D eigenvalue weighted by Crippen LogP contribution is -2.45. The molecule has 1 aliphatic rings. The zero-order valence-corrected chi connectivity index (χ0v) is 14.7. The highest BCUT2D eigenvalue weighted by atomic mass is 16.5. The van der Waals surface area contributed by atoms with Crippen molar-refractivity contribution >= 4 is 17.0 Å². The second-order valence-corrected chi connectivity index (χ2v) is 6.61. The number of carbonyl (C=O) groups excluding carboxylic acids is 1. The van der Waals surface area contributed by atoms with Gasteiger partial charge in [0.05, 0.1) is 22.9 Å². The molecule has 1 saturated heterocycles. The van der Waals surface area contributed by atoms with Crippen molar-refractivity contribution in [2.45, 2.75) is 38.6 Å². The fraction of sp³-hybridized carbons (Fsp3) is 0.421. The Morgan fingerprint density at radius 1 is 1.46 bits per heavy atom. The first kappa shape index (κ1) is 16.8. The predicted octanol–water partition coefficient (Wildman–Crippen LogP) is 2.92. The number of aromatic nitrogens is 2. The van der Waals surface area contributed by atoms with Crippen LogP contribution in [0.3, 0.4) is 0 Å². The number of nitrogens with zero attached hydrogens (tertiary/aromatic N) is 2. The van der Waals surface area contributed by atoms with Crippen LogP contribution in [0.15, 0.2) is 33.4 Å². The highest BCUT2D eigenvalue weighted by Gasteiger charge is 2.23. The zero-order valence-electron chi connectivity index (χ0n) is 14.7. The minimum atomic E-state index is -0.126. The van der Waals surface area contributed by atoms with Crippen molar-refractivity contribution in [3.8, 4) is 11.5 Å². The molecule has 4 rings (SSSR count). The molecule has 7 heteroatoms. The van der Waals surface area contributed by atoms with Gasteiger partial charge in [-0.3, -0.25) is 4.79 Å². The molecule has 0 aromatic carbocycles. The fourth-order valence-electron chi connectivity index (χ4n) is 3.39. The largest absolute Gasteiger partial charge is 0.463 e. The van der Waals surface area contributed by atoms with Gasteiger partial charge in [-0.05, 0) is 44.0 Å². The number of fused-ring (bicyclic) bond motifs is 1. The molecule has 0 aliphatic carbocycles. The van der Waals surface area contributed by atoms with Crippen molar-refractivity contribution in [2.24, 2.45) is 0 Å². The highest BCUT2D eigenvalue weighted by Crippen LogP contribution is 2.28. The molecule has 7 nitrogen and oxygen atoms in total. The van der Waals surface area contributed by atoms with Crippen LogP contribution in [0.5, 0.6) is 0 Å². The zero-order chi connectivity index (χ0) is 17.9. The van der Waals surface area contributed by atoms with E-state index >= 15 is 0 Å². The summed E-state index contributed by atoms with van der Waals surface area (Å²) in [5, 5.41) is 11.3. The number of aryl methyl sites for hydroxylation is 1. The minimum Gasteiger partial charge on any atom is -0.463 e. The number of hydrogen-bond donors (Lipinski definition) is 2. The third kappa shape index (κ3) is 3.22. The van der Waals surface area contributed by atoms with Crippen molar-refractivity contribution in [1.82, 2.24) is 20.8 Å². The van der Waals surface area contributed by atoms with Crippen LogP contribution in [0, 0.1) is 0 Å². The molecule has 0 unspecified atom stereocenters. The molecule has 1 atom stereocenters. The van der Waals surface area contributed by atoms with Crippen LogP contribution in [0.25, 0.3) is 22.6 Å². The summed E-state index contributed by atoms with van der Waals surface area (Å²) in [4.78, 5) is 17.5. The van der Waals surface area contributed by atoms with E-state index in [4.69, 9.17) is 8.94 Å². The van der Waals surface area contributed by atoms with E-state index in [0.29, 0.717) is 28.1 Å². The molecule has 3 aromatic rings.